The zero-order chi connectivity index (χ0) is 10.4. The Morgan fingerprint density at radius 2 is 2.29 bits per heavy atom. The molecule has 0 heterocycles. The molecule has 2 nitrogen and oxygen atoms in total. The lowest BCUT2D eigenvalue weighted by Crippen LogP contribution is -2.32. The lowest BCUT2D eigenvalue weighted by Gasteiger charge is -2.21. The second-order valence-corrected chi connectivity index (χ2v) is 4.34. The Labute approximate surface area is 87.8 Å². The summed E-state index contributed by atoms with van der Waals surface area (Å²) < 4.78 is 0. The van der Waals surface area contributed by atoms with Gasteiger partial charge in [-0.3, -0.25) is 4.90 Å². The van der Waals surface area contributed by atoms with Crippen LogP contribution < -0.4 is 5.73 Å². The predicted octanol–water partition coefficient (Wildman–Crippen LogP) is 1.46. The molecule has 1 atom stereocenters. The zero-order valence-electron chi connectivity index (χ0n) is 9.21. The Hall–Kier alpha value is -0.520. The van der Waals surface area contributed by atoms with E-state index >= 15 is 0 Å². The van der Waals surface area contributed by atoms with Crippen molar-refractivity contribution in [2.45, 2.75) is 38.6 Å². The summed E-state index contributed by atoms with van der Waals surface area (Å²) in [6, 6.07) is 0.342. The van der Waals surface area contributed by atoms with Crippen LogP contribution in [0.15, 0.2) is 0 Å². The van der Waals surface area contributed by atoms with Crippen LogP contribution in [0.25, 0.3) is 0 Å². The summed E-state index contributed by atoms with van der Waals surface area (Å²) in [6.07, 6.45) is 10.3. The van der Waals surface area contributed by atoms with Gasteiger partial charge in [0.25, 0.3) is 0 Å². The van der Waals surface area contributed by atoms with E-state index in [4.69, 9.17) is 12.2 Å². The minimum absolute atomic E-state index is 0.342. The van der Waals surface area contributed by atoms with E-state index in [1.165, 1.54) is 19.4 Å². The van der Waals surface area contributed by atoms with Crippen molar-refractivity contribution in [1.82, 2.24) is 4.90 Å². The Bertz CT molecular complexity index is 191. The normalized spacial score (nSPS) is 18.1. The number of hydrogen-bond acceptors (Lipinski definition) is 2. The van der Waals surface area contributed by atoms with E-state index in [-0.39, 0.29) is 0 Å². The van der Waals surface area contributed by atoms with E-state index in [0.29, 0.717) is 6.04 Å². The van der Waals surface area contributed by atoms with Gasteiger partial charge >= 0.3 is 0 Å². The molecule has 0 spiro atoms. The Balaban J connectivity index is 2.16. The van der Waals surface area contributed by atoms with Gasteiger partial charge in [-0.1, -0.05) is 12.8 Å². The molecule has 2 heteroatoms. The summed E-state index contributed by atoms with van der Waals surface area (Å²) in [5, 5.41) is 0. The van der Waals surface area contributed by atoms with Gasteiger partial charge in [-0.2, -0.15) is 0 Å². The van der Waals surface area contributed by atoms with Gasteiger partial charge in [0.2, 0.25) is 0 Å². The molecule has 0 saturated heterocycles. The van der Waals surface area contributed by atoms with E-state index in [1.54, 1.807) is 0 Å². The molecule has 1 rings (SSSR count). The largest absolute Gasteiger partial charge is 0.328 e. The van der Waals surface area contributed by atoms with Crippen molar-refractivity contribution in [2.75, 3.05) is 19.6 Å². The predicted molar refractivity (Wildman–Crippen MR) is 60.9 cm³/mol. The quantitative estimate of drug-likeness (QED) is 0.622. The van der Waals surface area contributed by atoms with E-state index in [2.05, 4.69) is 17.7 Å². The summed E-state index contributed by atoms with van der Waals surface area (Å²) in [5.74, 6) is 3.65. The van der Waals surface area contributed by atoms with Crippen molar-refractivity contribution in [1.29, 1.82) is 0 Å². The number of nitrogens with zero attached hydrogens (tertiary/aromatic N) is 1. The number of hydrogen-bond donors (Lipinski definition) is 1. The van der Waals surface area contributed by atoms with Crippen LogP contribution in [0.4, 0.5) is 0 Å². The molecule has 0 aliphatic heterocycles. The molecular weight excluding hydrogens is 172 g/mol. The van der Waals surface area contributed by atoms with Gasteiger partial charge in [0, 0.05) is 19.1 Å². The first kappa shape index (κ1) is 11.6. The molecule has 1 fully saturated rings. The van der Waals surface area contributed by atoms with Gasteiger partial charge in [-0.15, -0.1) is 6.42 Å². The Morgan fingerprint density at radius 1 is 1.57 bits per heavy atom. The van der Waals surface area contributed by atoms with E-state index in [1.807, 2.05) is 0 Å². The van der Waals surface area contributed by atoms with Crippen LogP contribution in [0.2, 0.25) is 0 Å². The number of rotatable bonds is 7. The van der Waals surface area contributed by atoms with Crippen LogP contribution >= 0.6 is 0 Å². The van der Waals surface area contributed by atoms with Gasteiger partial charge in [0.05, 0.1) is 6.54 Å². The van der Waals surface area contributed by atoms with Gasteiger partial charge in [0.15, 0.2) is 0 Å². The van der Waals surface area contributed by atoms with Crippen LogP contribution in [0, 0.1) is 18.3 Å². The third kappa shape index (κ3) is 4.64. The fourth-order valence-electron chi connectivity index (χ4n) is 1.58. The maximum Gasteiger partial charge on any atom is 0.0599 e. The lowest BCUT2D eigenvalue weighted by molar-refractivity contribution is 0.281. The van der Waals surface area contributed by atoms with Crippen molar-refractivity contribution < 1.29 is 0 Å². The SMILES string of the molecule is C#CCN(CCC(N)CC)CC1CC1. The van der Waals surface area contributed by atoms with Crippen LogP contribution in [-0.2, 0) is 0 Å². The molecule has 0 bridgehead atoms. The van der Waals surface area contributed by atoms with Crippen molar-refractivity contribution >= 4 is 0 Å². The lowest BCUT2D eigenvalue weighted by atomic mass is 10.1. The molecular formula is C12H22N2. The monoisotopic (exact) mass is 194 g/mol. The molecule has 14 heavy (non-hydrogen) atoms. The molecule has 1 aliphatic rings. The Kier molecular flexibility index (Phi) is 5.00. The average Bonchev–Trinajstić information content (AvgIpc) is 2.98. The third-order valence-electron chi connectivity index (χ3n) is 2.87. The maximum absolute atomic E-state index is 5.89. The van der Waals surface area contributed by atoms with Gasteiger partial charge in [0.1, 0.15) is 0 Å². The topological polar surface area (TPSA) is 29.3 Å². The molecule has 1 aliphatic carbocycles. The molecule has 80 valence electrons. The summed E-state index contributed by atoms with van der Waals surface area (Å²) in [5.41, 5.74) is 5.89. The smallest absolute Gasteiger partial charge is 0.0599 e. The minimum Gasteiger partial charge on any atom is -0.328 e. The second-order valence-electron chi connectivity index (χ2n) is 4.34. The summed E-state index contributed by atoms with van der Waals surface area (Å²) >= 11 is 0. The fraction of sp³-hybridized carbons (Fsp3) is 0.833. The van der Waals surface area contributed by atoms with Crippen molar-refractivity contribution in [3.8, 4) is 12.3 Å². The zero-order valence-corrected chi connectivity index (χ0v) is 9.21. The van der Waals surface area contributed by atoms with Crippen molar-refractivity contribution in [2.24, 2.45) is 11.7 Å². The summed E-state index contributed by atoms with van der Waals surface area (Å²) in [4.78, 5) is 2.37. The third-order valence-corrected chi connectivity index (χ3v) is 2.87. The first-order chi connectivity index (χ1) is 6.76. The molecule has 0 aromatic carbocycles. The Morgan fingerprint density at radius 3 is 2.79 bits per heavy atom. The van der Waals surface area contributed by atoms with Gasteiger partial charge in [-0.25, -0.2) is 0 Å². The fourth-order valence-corrected chi connectivity index (χ4v) is 1.58. The van der Waals surface area contributed by atoms with E-state index < -0.39 is 0 Å². The number of nitrogens with two attached hydrogens (primary N) is 1. The van der Waals surface area contributed by atoms with Gasteiger partial charge < -0.3 is 5.73 Å². The molecule has 0 aromatic rings. The van der Waals surface area contributed by atoms with Crippen LogP contribution in [0.5, 0.6) is 0 Å². The van der Waals surface area contributed by atoms with Gasteiger partial charge in [-0.05, 0) is 31.6 Å². The molecule has 1 unspecified atom stereocenters. The molecule has 2 N–H and O–H groups in total. The minimum atomic E-state index is 0.342. The van der Waals surface area contributed by atoms with Crippen molar-refractivity contribution in [3.63, 3.8) is 0 Å². The standard InChI is InChI=1S/C12H22N2/c1-3-8-14(10-11-5-6-11)9-7-12(13)4-2/h1,11-12H,4-10,13H2,2H3. The first-order valence-corrected chi connectivity index (χ1v) is 5.67. The average molecular weight is 194 g/mol. The maximum atomic E-state index is 5.89. The second kappa shape index (κ2) is 6.06. The molecule has 0 aromatic heterocycles. The first-order valence-electron chi connectivity index (χ1n) is 5.67. The number of terminal acetylenes is 1. The van der Waals surface area contributed by atoms with E-state index in [9.17, 15) is 0 Å². The highest BCUT2D eigenvalue weighted by molar-refractivity contribution is 4.90. The van der Waals surface area contributed by atoms with Crippen molar-refractivity contribution in [3.05, 3.63) is 0 Å². The highest BCUT2D eigenvalue weighted by atomic mass is 15.1. The molecule has 1 saturated carbocycles. The molecule has 0 radical (unpaired) electrons. The van der Waals surface area contributed by atoms with Crippen LogP contribution in [0.3, 0.4) is 0 Å². The van der Waals surface area contributed by atoms with Crippen LogP contribution in [-0.4, -0.2) is 30.6 Å². The summed E-state index contributed by atoms with van der Waals surface area (Å²) in [7, 11) is 0. The molecule has 0 amide bonds. The summed E-state index contributed by atoms with van der Waals surface area (Å²) in [6.45, 7) is 5.17. The van der Waals surface area contributed by atoms with E-state index in [0.717, 1.165) is 31.8 Å². The highest BCUT2D eigenvalue weighted by Crippen LogP contribution is 2.29. The highest BCUT2D eigenvalue weighted by Gasteiger charge is 2.23. The van der Waals surface area contributed by atoms with Crippen LogP contribution in [0.1, 0.15) is 32.6 Å².